The van der Waals surface area contributed by atoms with Crippen LogP contribution in [0.1, 0.15) is 10.4 Å². The van der Waals surface area contributed by atoms with Crippen molar-refractivity contribution in [1.29, 1.82) is 0 Å². The van der Waals surface area contributed by atoms with E-state index in [-0.39, 0.29) is 10.6 Å². The Labute approximate surface area is 115 Å². The van der Waals surface area contributed by atoms with Gasteiger partial charge in [0.1, 0.15) is 5.82 Å². The van der Waals surface area contributed by atoms with Crippen molar-refractivity contribution in [2.24, 2.45) is 5.73 Å². The average Bonchev–Trinajstić information content (AvgIpc) is 2.75. The number of anilines is 1. The summed E-state index contributed by atoms with van der Waals surface area (Å²) in [6.45, 7) is 1.98. The summed E-state index contributed by atoms with van der Waals surface area (Å²) >= 11 is 1.28. The van der Waals surface area contributed by atoms with Crippen LogP contribution in [0.4, 0.5) is 10.1 Å². The Morgan fingerprint density at radius 2 is 2.05 bits per heavy atom. The molecule has 0 atom stereocenters. The van der Waals surface area contributed by atoms with E-state index >= 15 is 0 Å². The van der Waals surface area contributed by atoms with E-state index in [0.717, 1.165) is 10.9 Å². The number of sulfonamides is 1. The second kappa shape index (κ2) is 5.28. The zero-order valence-corrected chi connectivity index (χ0v) is 11.8. The van der Waals surface area contributed by atoms with E-state index < -0.39 is 15.8 Å². The van der Waals surface area contributed by atoms with E-state index in [9.17, 15) is 12.8 Å². The molecule has 0 unspecified atom stereocenters. The molecule has 0 fully saturated rings. The lowest BCUT2D eigenvalue weighted by Gasteiger charge is -2.07. The zero-order chi connectivity index (χ0) is 14.0. The van der Waals surface area contributed by atoms with Crippen molar-refractivity contribution in [3.63, 3.8) is 0 Å². The van der Waals surface area contributed by atoms with Crippen LogP contribution in [0.5, 0.6) is 0 Å². The highest BCUT2D eigenvalue weighted by atomic mass is 32.2. The Bertz CT molecular complexity index is 675. The summed E-state index contributed by atoms with van der Waals surface area (Å²) in [6, 6.07) is 5.55. The van der Waals surface area contributed by atoms with E-state index in [0.29, 0.717) is 12.1 Å². The smallest absolute Gasteiger partial charge is 0.262 e. The topological polar surface area (TPSA) is 72.2 Å². The maximum absolute atomic E-state index is 13.2. The van der Waals surface area contributed by atoms with Crippen LogP contribution in [0.15, 0.2) is 34.5 Å². The van der Waals surface area contributed by atoms with Crippen LogP contribution in [-0.2, 0) is 16.6 Å². The second-order valence-corrected chi connectivity index (χ2v) is 6.75. The van der Waals surface area contributed by atoms with Gasteiger partial charge in [-0.05, 0) is 36.8 Å². The van der Waals surface area contributed by atoms with Crippen molar-refractivity contribution >= 4 is 27.0 Å². The highest BCUT2D eigenvalue weighted by molar-refractivity contribution is 7.92. The monoisotopic (exact) mass is 300 g/mol. The Hall–Kier alpha value is -1.44. The predicted octanol–water partition coefficient (Wildman–Crippen LogP) is 2.46. The molecule has 1 heterocycles. The van der Waals surface area contributed by atoms with E-state index in [2.05, 4.69) is 4.72 Å². The van der Waals surface area contributed by atoms with Gasteiger partial charge < -0.3 is 5.73 Å². The number of benzene rings is 1. The third kappa shape index (κ3) is 3.31. The van der Waals surface area contributed by atoms with Crippen molar-refractivity contribution in [1.82, 2.24) is 0 Å². The fraction of sp³-hybridized carbons (Fsp3) is 0.167. The Morgan fingerprint density at radius 3 is 2.63 bits per heavy atom. The molecule has 2 aromatic rings. The Kier molecular flexibility index (Phi) is 3.88. The molecule has 0 bridgehead atoms. The summed E-state index contributed by atoms with van der Waals surface area (Å²) in [5, 5.41) is 1.51. The molecule has 19 heavy (non-hydrogen) atoms. The fourth-order valence-electron chi connectivity index (χ4n) is 1.62. The number of aryl methyl sites for hydroxylation is 1. The standard InChI is InChI=1S/C12H13FN2O2S2/c1-8-2-9(13)4-10(3-8)15-19(16,17)12-5-11(6-14)18-7-12/h2-5,7,15H,6,14H2,1H3. The minimum absolute atomic E-state index is 0.139. The molecule has 4 nitrogen and oxygen atoms in total. The van der Waals surface area contributed by atoms with Gasteiger partial charge in [0.25, 0.3) is 10.0 Å². The largest absolute Gasteiger partial charge is 0.326 e. The van der Waals surface area contributed by atoms with Crippen LogP contribution in [0.2, 0.25) is 0 Å². The van der Waals surface area contributed by atoms with Gasteiger partial charge in [-0.1, -0.05) is 0 Å². The average molecular weight is 300 g/mol. The number of rotatable bonds is 4. The lowest BCUT2D eigenvalue weighted by atomic mass is 10.2. The van der Waals surface area contributed by atoms with E-state index in [1.165, 1.54) is 28.8 Å². The predicted molar refractivity (Wildman–Crippen MR) is 74.2 cm³/mol. The molecule has 1 aromatic carbocycles. The third-order valence-corrected chi connectivity index (χ3v) is 4.90. The summed E-state index contributed by atoms with van der Waals surface area (Å²) in [6.07, 6.45) is 0. The zero-order valence-electron chi connectivity index (χ0n) is 10.2. The second-order valence-electron chi connectivity index (χ2n) is 4.08. The Balaban J connectivity index is 2.30. The van der Waals surface area contributed by atoms with Gasteiger partial charge in [-0.3, -0.25) is 4.72 Å². The summed E-state index contributed by atoms with van der Waals surface area (Å²) < 4.78 is 39.7. The molecule has 0 radical (unpaired) electrons. The van der Waals surface area contributed by atoms with Crippen LogP contribution in [0.3, 0.4) is 0 Å². The van der Waals surface area contributed by atoms with Gasteiger partial charge in [-0.15, -0.1) is 11.3 Å². The lowest BCUT2D eigenvalue weighted by Crippen LogP contribution is -2.12. The fourth-order valence-corrected chi connectivity index (χ4v) is 3.81. The minimum atomic E-state index is -3.70. The minimum Gasteiger partial charge on any atom is -0.326 e. The van der Waals surface area contributed by atoms with Gasteiger partial charge in [0.15, 0.2) is 0 Å². The molecule has 0 amide bonds. The van der Waals surface area contributed by atoms with Gasteiger partial charge in [-0.2, -0.15) is 0 Å². The first-order valence-corrected chi connectivity index (χ1v) is 7.84. The first kappa shape index (κ1) is 14.0. The van der Waals surface area contributed by atoms with Gasteiger partial charge >= 0.3 is 0 Å². The maximum atomic E-state index is 13.2. The molecule has 0 saturated carbocycles. The quantitative estimate of drug-likeness (QED) is 0.911. The van der Waals surface area contributed by atoms with Crippen molar-refractivity contribution in [2.75, 3.05) is 4.72 Å². The van der Waals surface area contributed by atoms with Crippen molar-refractivity contribution in [3.05, 3.63) is 45.9 Å². The number of thiophene rings is 1. The number of halogens is 1. The normalized spacial score (nSPS) is 11.5. The molecule has 0 spiro atoms. The molecular formula is C12H13FN2O2S2. The molecule has 1 aromatic heterocycles. The summed E-state index contributed by atoms with van der Waals surface area (Å²) in [5.41, 5.74) is 6.29. The van der Waals surface area contributed by atoms with Crippen LogP contribution in [0.25, 0.3) is 0 Å². The van der Waals surface area contributed by atoms with Crippen LogP contribution in [-0.4, -0.2) is 8.42 Å². The summed E-state index contributed by atoms with van der Waals surface area (Å²) in [5.74, 6) is -0.481. The molecular weight excluding hydrogens is 287 g/mol. The number of nitrogens with two attached hydrogens (primary N) is 1. The van der Waals surface area contributed by atoms with Crippen molar-refractivity contribution in [2.45, 2.75) is 18.4 Å². The number of hydrogen-bond acceptors (Lipinski definition) is 4. The molecule has 7 heteroatoms. The Morgan fingerprint density at radius 1 is 1.32 bits per heavy atom. The number of hydrogen-bond donors (Lipinski definition) is 2. The summed E-state index contributed by atoms with van der Waals surface area (Å²) in [4.78, 5) is 0.913. The van der Waals surface area contributed by atoms with Crippen LogP contribution >= 0.6 is 11.3 Å². The van der Waals surface area contributed by atoms with Crippen LogP contribution < -0.4 is 10.5 Å². The van der Waals surface area contributed by atoms with E-state index in [1.54, 1.807) is 13.0 Å². The molecule has 0 aliphatic carbocycles. The molecule has 0 aliphatic rings. The lowest BCUT2D eigenvalue weighted by molar-refractivity contribution is 0.601. The highest BCUT2D eigenvalue weighted by Gasteiger charge is 2.16. The molecule has 3 N–H and O–H groups in total. The van der Waals surface area contributed by atoms with Crippen molar-refractivity contribution in [3.8, 4) is 0 Å². The van der Waals surface area contributed by atoms with Gasteiger partial charge in [0.2, 0.25) is 0 Å². The molecule has 2 rings (SSSR count). The molecule has 0 aliphatic heterocycles. The third-order valence-electron chi connectivity index (χ3n) is 2.44. The van der Waals surface area contributed by atoms with Gasteiger partial charge in [0, 0.05) is 16.8 Å². The first-order chi connectivity index (χ1) is 8.90. The van der Waals surface area contributed by atoms with Crippen molar-refractivity contribution < 1.29 is 12.8 Å². The van der Waals surface area contributed by atoms with Gasteiger partial charge in [-0.25, -0.2) is 12.8 Å². The molecule has 0 saturated heterocycles. The highest BCUT2D eigenvalue weighted by Crippen LogP contribution is 2.22. The number of nitrogens with one attached hydrogen (secondary N) is 1. The summed E-state index contributed by atoms with van der Waals surface area (Å²) in [7, 11) is -3.70. The SMILES string of the molecule is Cc1cc(F)cc(NS(=O)(=O)c2csc(CN)c2)c1. The van der Waals surface area contributed by atoms with E-state index in [1.807, 2.05) is 0 Å². The van der Waals surface area contributed by atoms with E-state index in [4.69, 9.17) is 5.73 Å². The molecule has 102 valence electrons. The maximum Gasteiger partial charge on any atom is 0.262 e. The van der Waals surface area contributed by atoms with Gasteiger partial charge in [0.05, 0.1) is 10.6 Å². The van der Waals surface area contributed by atoms with Crippen LogP contribution in [0, 0.1) is 12.7 Å². The first-order valence-electron chi connectivity index (χ1n) is 5.48.